The molecule has 1 heterocycles. The van der Waals surface area contributed by atoms with Gasteiger partial charge in [-0.1, -0.05) is 27.7 Å². The third kappa shape index (κ3) is 9.42. The summed E-state index contributed by atoms with van der Waals surface area (Å²) in [5, 5.41) is 6.87. The molecule has 0 aromatic carbocycles. The summed E-state index contributed by atoms with van der Waals surface area (Å²) in [6.45, 7) is 22.3. The molecule has 0 saturated carbocycles. The van der Waals surface area contributed by atoms with Crippen LogP contribution in [-0.4, -0.2) is 74.2 Å². The third-order valence-corrected chi connectivity index (χ3v) is 4.75. The minimum absolute atomic E-state index is 0. The molecule has 2 N–H and O–H groups in total. The molecule has 2 unspecified atom stereocenters. The minimum Gasteiger partial charge on any atom is -0.357 e. The molecule has 1 aliphatic heterocycles. The number of rotatable bonds is 8. The van der Waals surface area contributed by atoms with Gasteiger partial charge in [-0.2, -0.15) is 0 Å². The van der Waals surface area contributed by atoms with Crippen molar-refractivity contribution in [3.05, 3.63) is 0 Å². The van der Waals surface area contributed by atoms with Crippen molar-refractivity contribution in [3.63, 3.8) is 0 Å². The maximum absolute atomic E-state index is 4.79. The Labute approximate surface area is 167 Å². The number of nitrogens with one attached hydrogen (secondary N) is 2. The van der Waals surface area contributed by atoms with Gasteiger partial charge >= 0.3 is 0 Å². The molecule has 0 radical (unpaired) electrons. The fourth-order valence-electron chi connectivity index (χ4n) is 2.74. The fourth-order valence-corrected chi connectivity index (χ4v) is 2.74. The number of hydrogen-bond acceptors (Lipinski definition) is 3. The van der Waals surface area contributed by atoms with Crippen molar-refractivity contribution in [3.8, 4) is 0 Å². The second-order valence-electron chi connectivity index (χ2n) is 7.24. The lowest BCUT2D eigenvalue weighted by atomic mass is 10.1. The SMILES string of the molecule is CCNC(=NCC(C)CN1CCN(CC)CC1)NC(C)C(C)C.I. The van der Waals surface area contributed by atoms with Gasteiger partial charge in [0.25, 0.3) is 0 Å². The Kier molecular flexibility index (Phi) is 13.1. The molecule has 5 nitrogen and oxygen atoms in total. The Bertz CT molecular complexity index is 340. The molecule has 144 valence electrons. The van der Waals surface area contributed by atoms with Crippen LogP contribution < -0.4 is 10.6 Å². The fraction of sp³-hybridized carbons (Fsp3) is 0.944. The quantitative estimate of drug-likeness (QED) is 0.337. The maximum atomic E-state index is 4.79. The van der Waals surface area contributed by atoms with E-state index in [9.17, 15) is 0 Å². The Morgan fingerprint density at radius 2 is 1.58 bits per heavy atom. The summed E-state index contributed by atoms with van der Waals surface area (Å²) < 4.78 is 0. The monoisotopic (exact) mass is 453 g/mol. The molecule has 1 rings (SSSR count). The van der Waals surface area contributed by atoms with Gasteiger partial charge in [-0.25, -0.2) is 0 Å². The number of aliphatic imine (C=N–C) groups is 1. The molecule has 6 heteroatoms. The first-order valence-electron chi connectivity index (χ1n) is 9.45. The van der Waals surface area contributed by atoms with Gasteiger partial charge in [-0.15, -0.1) is 24.0 Å². The number of likely N-dealkylation sites (N-methyl/N-ethyl adjacent to an activating group) is 1. The van der Waals surface area contributed by atoms with Crippen molar-refractivity contribution in [2.75, 3.05) is 52.4 Å². The van der Waals surface area contributed by atoms with Crippen LogP contribution in [0.4, 0.5) is 0 Å². The average molecular weight is 453 g/mol. The molecular formula is C18H40IN5. The van der Waals surface area contributed by atoms with E-state index in [2.05, 4.69) is 62.0 Å². The topological polar surface area (TPSA) is 42.9 Å². The Balaban J connectivity index is 0.00000529. The van der Waals surface area contributed by atoms with Crippen molar-refractivity contribution in [1.29, 1.82) is 0 Å². The van der Waals surface area contributed by atoms with Gasteiger partial charge in [0.15, 0.2) is 5.96 Å². The van der Waals surface area contributed by atoms with E-state index in [-0.39, 0.29) is 24.0 Å². The summed E-state index contributed by atoms with van der Waals surface area (Å²) in [5.41, 5.74) is 0. The Morgan fingerprint density at radius 3 is 2.08 bits per heavy atom. The minimum atomic E-state index is 0. The first kappa shape index (κ1) is 23.9. The van der Waals surface area contributed by atoms with Gasteiger partial charge in [0.1, 0.15) is 0 Å². The van der Waals surface area contributed by atoms with Crippen LogP contribution in [0.2, 0.25) is 0 Å². The smallest absolute Gasteiger partial charge is 0.191 e. The molecule has 0 spiro atoms. The highest BCUT2D eigenvalue weighted by molar-refractivity contribution is 14.0. The molecule has 2 atom stereocenters. The maximum Gasteiger partial charge on any atom is 0.191 e. The molecule has 0 aromatic heterocycles. The van der Waals surface area contributed by atoms with Crippen LogP contribution in [0, 0.1) is 11.8 Å². The van der Waals surface area contributed by atoms with Gasteiger partial charge in [0.2, 0.25) is 0 Å². The Hall–Kier alpha value is -0.0800. The summed E-state index contributed by atoms with van der Waals surface area (Å²) in [7, 11) is 0. The van der Waals surface area contributed by atoms with E-state index in [0.29, 0.717) is 17.9 Å². The number of halogens is 1. The Morgan fingerprint density at radius 1 is 1.00 bits per heavy atom. The van der Waals surface area contributed by atoms with E-state index in [1.54, 1.807) is 0 Å². The highest BCUT2D eigenvalue weighted by Crippen LogP contribution is 2.06. The summed E-state index contributed by atoms with van der Waals surface area (Å²) in [4.78, 5) is 9.90. The first-order chi connectivity index (χ1) is 11.0. The lowest BCUT2D eigenvalue weighted by Gasteiger charge is -2.35. The molecule has 1 saturated heterocycles. The second kappa shape index (κ2) is 13.2. The van der Waals surface area contributed by atoms with Crippen LogP contribution in [-0.2, 0) is 0 Å². The summed E-state index contributed by atoms with van der Waals surface area (Å²) in [5.74, 6) is 2.15. The lowest BCUT2D eigenvalue weighted by Crippen LogP contribution is -2.47. The van der Waals surface area contributed by atoms with Crippen molar-refractivity contribution in [2.24, 2.45) is 16.8 Å². The van der Waals surface area contributed by atoms with Crippen LogP contribution in [0.15, 0.2) is 4.99 Å². The number of nitrogens with zero attached hydrogens (tertiary/aromatic N) is 3. The molecule has 0 bridgehead atoms. The lowest BCUT2D eigenvalue weighted by molar-refractivity contribution is 0.125. The van der Waals surface area contributed by atoms with E-state index in [1.165, 1.54) is 32.7 Å². The van der Waals surface area contributed by atoms with Crippen LogP contribution in [0.25, 0.3) is 0 Å². The van der Waals surface area contributed by atoms with E-state index in [1.807, 2.05) is 0 Å². The molecule has 24 heavy (non-hydrogen) atoms. The standard InChI is InChI=1S/C18H39N5.HI/c1-7-19-18(21-17(6)15(3)4)20-13-16(5)14-23-11-9-22(8-2)10-12-23;/h15-17H,7-14H2,1-6H3,(H2,19,20,21);1H. The van der Waals surface area contributed by atoms with Gasteiger partial charge in [-0.05, 0) is 32.2 Å². The normalized spacial score (nSPS) is 19.7. The largest absolute Gasteiger partial charge is 0.357 e. The highest BCUT2D eigenvalue weighted by atomic mass is 127. The van der Waals surface area contributed by atoms with Crippen LogP contribution >= 0.6 is 24.0 Å². The second-order valence-corrected chi connectivity index (χ2v) is 7.24. The van der Waals surface area contributed by atoms with Crippen molar-refractivity contribution >= 4 is 29.9 Å². The van der Waals surface area contributed by atoms with E-state index >= 15 is 0 Å². The van der Waals surface area contributed by atoms with Gasteiger partial charge < -0.3 is 20.4 Å². The van der Waals surface area contributed by atoms with Crippen molar-refractivity contribution < 1.29 is 0 Å². The number of piperazine rings is 1. The highest BCUT2D eigenvalue weighted by Gasteiger charge is 2.17. The molecular weight excluding hydrogens is 413 g/mol. The molecule has 0 aromatic rings. The molecule has 1 aliphatic rings. The van der Waals surface area contributed by atoms with Gasteiger partial charge in [-0.3, -0.25) is 4.99 Å². The summed E-state index contributed by atoms with van der Waals surface area (Å²) in [6, 6.07) is 0.435. The molecule has 0 aliphatic carbocycles. The summed E-state index contributed by atoms with van der Waals surface area (Å²) in [6.07, 6.45) is 0. The zero-order valence-corrected chi connectivity index (χ0v) is 19.0. The number of guanidine groups is 1. The first-order valence-corrected chi connectivity index (χ1v) is 9.45. The predicted molar refractivity (Wildman–Crippen MR) is 117 cm³/mol. The van der Waals surface area contributed by atoms with Gasteiger partial charge in [0.05, 0.1) is 0 Å². The third-order valence-electron chi connectivity index (χ3n) is 4.75. The van der Waals surface area contributed by atoms with E-state index in [4.69, 9.17) is 4.99 Å². The van der Waals surface area contributed by atoms with Crippen LogP contribution in [0.1, 0.15) is 41.5 Å². The average Bonchev–Trinajstić information content (AvgIpc) is 2.53. The van der Waals surface area contributed by atoms with E-state index < -0.39 is 0 Å². The zero-order valence-electron chi connectivity index (χ0n) is 16.6. The molecule has 0 amide bonds. The molecule has 1 fully saturated rings. The van der Waals surface area contributed by atoms with Crippen molar-refractivity contribution in [1.82, 2.24) is 20.4 Å². The van der Waals surface area contributed by atoms with E-state index in [0.717, 1.165) is 25.6 Å². The van der Waals surface area contributed by atoms with Crippen molar-refractivity contribution in [2.45, 2.75) is 47.6 Å². The zero-order chi connectivity index (χ0) is 17.2. The number of hydrogen-bond donors (Lipinski definition) is 2. The summed E-state index contributed by atoms with van der Waals surface area (Å²) >= 11 is 0. The van der Waals surface area contributed by atoms with Gasteiger partial charge in [0, 0.05) is 51.9 Å². The van der Waals surface area contributed by atoms with Crippen LogP contribution in [0.5, 0.6) is 0 Å². The van der Waals surface area contributed by atoms with Crippen LogP contribution in [0.3, 0.4) is 0 Å². The predicted octanol–water partition coefficient (Wildman–Crippen LogP) is 2.48.